The molecule has 1 fully saturated rings. The molecule has 6 nitrogen and oxygen atoms in total. The van der Waals surface area contributed by atoms with E-state index in [1.807, 2.05) is 34.7 Å². The highest BCUT2D eigenvalue weighted by molar-refractivity contribution is 5.95. The van der Waals surface area contributed by atoms with Crippen molar-refractivity contribution >= 4 is 5.91 Å². The summed E-state index contributed by atoms with van der Waals surface area (Å²) in [6, 6.07) is 5.81. The molecule has 0 N–H and O–H groups in total. The van der Waals surface area contributed by atoms with Crippen LogP contribution in [0.25, 0.3) is 0 Å². The van der Waals surface area contributed by atoms with Crippen molar-refractivity contribution in [2.75, 3.05) is 13.1 Å². The van der Waals surface area contributed by atoms with Crippen LogP contribution < -0.4 is 0 Å². The van der Waals surface area contributed by atoms with E-state index in [4.69, 9.17) is 4.74 Å². The lowest BCUT2D eigenvalue weighted by Gasteiger charge is -2.32. The van der Waals surface area contributed by atoms with Gasteiger partial charge in [-0.15, -0.1) is 0 Å². The van der Waals surface area contributed by atoms with Crippen LogP contribution in [0.15, 0.2) is 30.6 Å². The van der Waals surface area contributed by atoms with E-state index in [2.05, 4.69) is 17.0 Å². The SMILES string of the molecule is CCCn1ncc(C(=O)N2CCC[C@@H](OCc3ccccn3)C2)c1C. The van der Waals surface area contributed by atoms with Gasteiger partial charge in [-0.3, -0.25) is 14.5 Å². The fourth-order valence-corrected chi connectivity index (χ4v) is 3.21. The number of hydrogen-bond acceptors (Lipinski definition) is 4. The molecule has 25 heavy (non-hydrogen) atoms. The van der Waals surface area contributed by atoms with Crippen molar-refractivity contribution in [2.45, 2.75) is 52.4 Å². The summed E-state index contributed by atoms with van der Waals surface area (Å²) in [5.74, 6) is 0.0611. The molecule has 0 radical (unpaired) electrons. The largest absolute Gasteiger partial charge is 0.370 e. The number of pyridine rings is 1. The number of aromatic nitrogens is 3. The van der Waals surface area contributed by atoms with Crippen LogP contribution in [-0.2, 0) is 17.9 Å². The summed E-state index contributed by atoms with van der Waals surface area (Å²) in [4.78, 5) is 19.0. The average Bonchev–Trinajstić information content (AvgIpc) is 3.01. The number of ether oxygens (including phenoxy) is 1. The molecule has 0 aromatic carbocycles. The van der Waals surface area contributed by atoms with Gasteiger partial charge < -0.3 is 9.64 Å². The van der Waals surface area contributed by atoms with E-state index < -0.39 is 0 Å². The number of aryl methyl sites for hydroxylation is 1. The lowest BCUT2D eigenvalue weighted by molar-refractivity contribution is -0.00787. The molecule has 134 valence electrons. The molecule has 0 spiro atoms. The van der Waals surface area contributed by atoms with Crippen LogP contribution in [0.5, 0.6) is 0 Å². The fourth-order valence-electron chi connectivity index (χ4n) is 3.21. The first kappa shape index (κ1) is 17.6. The van der Waals surface area contributed by atoms with Crippen LogP contribution in [-0.4, -0.2) is 44.8 Å². The first-order chi connectivity index (χ1) is 12.2. The Labute approximate surface area is 148 Å². The Hall–Kier alpha value is -2.21. The highest BCUT2D eigenvalue weighted by Gasteiger charge is 2.27. The summed E-state index contributed by atoms with van der Waals surface area (Å²) in [7, 11) is 0. The van der Waals surface area contributed by atoms with Gasteiger partial charge in [-0.05, 0) is 38.3 Å². The maximum Gasteiger partial charge on any atom is 0.257 e. The second-order valence-corrected chi connectivity index (χ2v) is 6.51. The van der Waals surface area contributed by atoms with E-state index in [-0.39, 0.29) is 12.0 Å². The van der Waals surface area contributed by atoms with Crippen molar-refractivity contribution < 1.29 is 9.53 Å². The Kier molecular flexibility index (Phi) is 5.81. The van der Waals surface area contributed by atoms with Crippen molar-refractivity contribution in [2.24, 2.45) is 0 Å². The van der Waals surface area contributed by atoms with Gasteiger partial charge in [-0.1, -0.05) is 13.0 Å². The summed E-state index contributed by atoms with van der Waals surface area (Å²) in [5.41, 5.74) is 2.57. The highest BCUT2D eigenvalue weighted by Crippen LogP contribution is 2.19. The molecular formula is C19H26N4O2. The second kappa shape index (κ2) is 8.25. The number of piperidine rings is 1. The van der Waals surface area contributed by atoms with Gasteiger partial charge in [-0.2, -0.15) is 5.10 Å². The summed E-state index contributed by atoms with van der Waals surface area (Å²) in [6.45, 7) is 6.81. The number of likely N-dealkylation sites (tertiary alicyclic amines) is 1. The molecule has 1 amide bonds. The third kappa shape index (κ3) is 4.25. The Balaban J connectivity index is 1.60. The van der Waals surface area contributed by atoms with Crippen LogP contribution in [0.2, 0.25) is 0 Å². The molecular weight excluding hydrogens is 316 g/mol. The number of hydrogen-bond donors (Lipinski definition) is 0. The van der Waals surface area contributed by atoms with Crippen molar-refractivity contribution in [3.8, 4) is 0 Å². The Bertz CT molecular complexity index is 699. The van der Waals surface area contributed by atoms with Gasteiger partial charge in [0, 0.05) is 31.5 Å². The number of nitrogens with zero attached hydrogens (tertiary/aromatic N) is 4. The topological polar surface area (TPSA) is 60.2 Å². The summed E-state index contributed by atoms with van der Waals surface area (Å²) < 4.78 is 7.89. The minimum Gasteiger partial charge on any atom is -0.370 e. The zero-order valence-electron chi connectivity index (χ0n) is 15.0. The monoisotopic (exact) mass is 342 g/mol. The number of carbonyl (C=O) groups is 1. The zero-order valence-corrected chi connectivity index (χ0v) is 15.0. The average molecular weight is 342 g/mol. The minimum absolute atomic E-state index is 0.0608. The Morgan fingerprint density at radius 3 is 3.04 bits per heavy atom. The van der Waals surface area contributed by atoms with Crippen LogP contribution in [0.1, 0.15) is 47.9 Å². The van der Waals surface area contributed by atoms with Crippen LogP contribution in [0.4, 0.5) is 0 Å². The van der Waals surface area contributed by atoms with Crippen molar-refractivity contribution in [1.82, 2.24) is 19.7 Å². The summed E-state index contributed by atoms with van der Waals surface area (Å²) in [5, 5.41) is 4.35. The predicted molar refractivity (Wildman–Crippen MR) is 95.2 cm³/mol. The molecule has 0 unspecified atom stereocenters. The van der Waals surface area contributed by atoms with Crippen molar-refractivity contribution in [3.63, 3.8) is 0 Å². The molecule has 0 aliphatic carbocycles. The Morgan fingerprint density at radius 1 is 1.40 bits per heavy atom. The summed E-state index contributed by atoms with van der Waals surface area (Å²) >= 11 is 0. The number of amides is 1. The highest BCUT2D eigenvalue weighted by atomic mass is 16.5. The third-order valence-electron chi connectivity index (χ3n) is 4.63. The fraction of sp³-hybridized carbons (Fsp3) is 0.526. The van der Waals surface area contributed by atoms with E-state index in [1.165, 1.54) is 0 Å². The molecule has 3 heterocycles. The third-order valence-corrected chi connectivity index (χ3v) is 4.63. The molecule has 1 saturated heterocycles. The van der Waals surface area contributed by atoms with Crippen molar-refractivity contribution in [3.05, 3.63) is 47.5 Å². The molecule has 2 aromatic rings. The van der Waals surface area contributed by atoms with Gasteiger partial charge in [0.2, 0.25) is 0 Å². The molecule has 1 aliphatic heterocycles. The van der Waals surface area contributed by atoms with Gasteiger partial charge in [0.25, 0.3) is 5.91 Å². The smallest absolute Gasteiger partial charge is 0.257 e. The van der Waals surface area contributed by atoms with Crippen LogP contribution >= 0.6 is 0 Å². The lowest BCUT2D eigenvalue weighted by atomic mass is 10.1. The molecule has 0 saturated carbocycles. The van der Waals surface area contributed by atoms with E-state index in [0.717, 1.165) is 43.7 Å². The van der Waals surface area contributed by atoms with E-state index >= 15 is 0 Å². The lowest BCUT2D eigenvalue weighted by Crippen LogP contribution is -2.43. The summed E-state index contributed by atoms with van der Waals surface area (Å²) in [6.07, 6.45) is 6.47. The predicted octanol–water partition coefficient (Wildman–Crippen LogP) is 2.82. The number of carbonyl (C=O) groups excluding carboxylic acids is 1. The van der Waals surface area contributed by atoms with Gasteiger partial charge in [0.15, 0.2) is 0 Å². The van der Waals surface area contributed by atoms with Crippen molar-refractivity contribution in [1.29, 1.82) is 0 Å². The molecule has 1 aliphatic rings. The molecule has 2 aromatic heterocycles. The maximum absolute atomic E-state index is 12.9. The normalized spacial score (nSPS) is 17.7. The standard InChI is InChI=1S/C19H26N4O2/c1-3-10-23-15(2)18(12-21-23)19(24)22-11-6-8-17(13-22)25-14-16-7-4-5-9-20-16/h4-5,7,9,12,17H,3,6,8,10-11,13-14H2,1-2H3/t17-/m1/s1. The number of rotatable bonds is 6. The van der Waals surface area contributed by atoms with E-state index in [0.29, 0.717) is 18.7 Å². The molecule has 1 atom stereocenters. The first-order valence-electron chi connectivity index (χ1n) is 9.02. The van der Waals surface area contributed by atoms with Crippen LogP contribution in [0.3, 0.4) is 0 Å². The molecule has 0 bridgehead atoms. The van der Waals surface area contributed by atoms with Gasteiger partial charge in [0.05, 0.1) is 30.2 Å². The van der Waals surface area contributed by atoms with E-state index in [1.54, 1.807) is 12.4 Å². The van der Waals surface area contributed by atoms with E-state index in [9.17, 15) is 4.79 Å². The minimum atomic E-state index is 0.0608. The second-order valence-electron chi connectivity index (χ2n) is 6.51. The Morgan fingerprint density at radius 2 is 2.28 bits per heavy atom. The van der Waals surface area contributed by atoms with Gasteiger partial charge >= 0.3 is 0 Å². The zero-order chi connectivity index (χ0) is 17.6. The van der Waals surface area contributed by atoms with Gasteiger partial charge in [0.1, 0.15) is 0 Å². The molecule has 3 rings (SSSR count). The molecule has 6 heteroatoms. The maximum atomic E-state index is 12.9. The first-order valence-corrected chi connectivity index (χ1v) is 9.02. The van der Waals surface area contributed by atoms with Crippen LogP contribution in [0, 0.1) is 6.92 Å². The van der Waals surface area contributed by atoms with Gasteiger partial charge in [-0.25, -0.2) is 0 Å². The quantitative estimate of drug-likeness (QED) is 0.810.